The van der Waals surface area contributed by atoms with Crippen LogP contribution < -0.4 is 10.5 Å². The van der Waals surface area contributed by atoms with E-state index in [2.05, 4.69) is 9.88 Å². The fourth-order valence-corrected chi connectivity index (χ4v) is 3.05. The normalized spacial score (nSPS) is 15.3. The number of rotatable bonds is 5. The Kier molecular flexibility index (Phi) is 5.08. The summed E-state index contributed by atoms with van der Waals surface area (Å²) in [6.07, 6.45) is 3.36. The zero-order chi connectivity index (χ0) is 17.8. The number of nitro benzene ring substituents is 1. The van der Waals surface area contributed by atoms with Gasteiger partial charge in [0.05, 0.1) is 4.92 Å². The summed E-state index contributed by atoms with van der Waals surface area (Å²) >= 11 is 0. The third-order valence-electron chi connectivity index (χ3n) is 4.44. The van der Waals surface area contributed by atoms with Gasteiger partial charge >= 0.3 is 0 Å². The second-order valence-electron chi connectivity index (χ2n) is 6.03. The molecule has 0 amide bonds. The van der Waals surface area contributed by atoms with Crippen molar-refractivity contribution in [1.82, 2.24) is 14.5 Å². The summed E-state index contributed by atoms with van der Waals surface area (Å²) in [7, 11) is 0. The molecule has 1 fully saturated rings. The predicted octanol–water partition coefficient (Wildman–Crippen LogP) is 1.49. The van der Waals surface area contributed by atoms with Crippen LogP contribution in [0.25, 0.3) is 0 Å². The summed E-state index contributed by atoms with van der Waals surface area (Å²) in [4.78, 5) is 31.4. The van der Waals surface area contributed by atoms with Crippen molar-refractivity contribution in [1.29, 1.82) is 0 Å². The average molecular weight is 343 g/mol. The lowest BCUT2D eigenvalue weighted by atomic mass is 10.1. The summed E-state index contributed by atoms with van der Waals surface area (Å²) in [6.45, 7) is 6.21. The molecule has 0 aliphatic carbocycles. The van der Waals surface area contributed by atoms with Crippen molar-refractivity contribution < 1.29 is 4.92 Å². The van der Waals surface area contributed by atoms with E-state index in [-0.39, 0.29) is 16.2 Å². The standard InChI is InChI=1S/C17H21N5O3/c1-2-20-7-6-18-16(17(20)23)21-10-8-19(9-11-21)13-14-4-3-5-15(12-14)22(24)25/h3-7,12H,2,8-11,13H2,1H3. The Morgan fingerprint density at radius 3 is 2.68 bits per heavy atom. The van der Waals surface area contributed by atoms with Gasteiger partial charge in [-0.25, -0.2) is 4.98 Å². The van der Waals surface area contributed by atoms with Crippen LogP contribution in [0.1, 0.15) is 12.5 Å². The Morgan fingerprint density at radius 1 is 1.24 bits per heavy atom. The lowest BCUT2D eigenvalue weighted by Gasteiger charge is -2.35. The van der Waals surface area contributed by atoms with Gasteiger partial charge in [0.1, 0.15) is 0 Å². The van der Waals surface area contributed by atoms with Gasteiger partial charge in [-0.1, -0.05) is 12.1 Å². The molecule has 0 radical (unpaired) electrons. The van der Waals surface area contributed by atoms with Gasteiger partial charge in [-0.2, -0.15) is 0 Å². The van der Waals surface area contributed by atoms with E-state index in [4.69, 9.17) is 0 Å². The molecular formula is C17H21N5O3. The minimum Gasteiger partial charge on any atom is -0.349 e. The zero-order valence-electron chi connectivity index (χ0n) is 14.2. The molecule has 1 aliphatic heterocycles. The van der Waals surface area contributed by atoms with Crippen LogP contribution >= 0.6 is 0 Å². The first-order chi connectivity index (χ1) is 12.1. The van der Waals surface area contributed by atoms with Gasteiger partial charge in [0.15, 0.2) is 5.82 Å². The molecule has 8 nitrogen and oxygen atoms in total. The van der Waals surface area contributed by atoms with Crippen LogP contribution in [0.2, 0.25) is 0 Å². The molecular weight excluding hydrogens is 322 g/mol. The molecule has 2 heterocycles. The highest BCUT2D eigenvalue weighted by Gasteiger charge is 2.21. The molecule has 1 aromatic heterocycles. The molecule has 8 heteroatoms. The summed E-state index contributed by atoms with van der Waals surface area (Å²) in [5, 5.41) is 10.9. The number of nitro groups is 1. The Labute approximate surface area is 145 Å². The summed E-state index contributed by atoms with van der Waals surface area (Å²) < 4.78 is 1.65. The lowest BCUT2D eigenvalue weighted by molar-refractivity contribution is -0.384. The second-order valence-corrected chi connectivity index (χ2v) is 6.03. The molecule has 25 heavy (non-hydrogen) atoms. The highest BCUT2D eigenvalue weighted by molar-refractivity contribution is 5.37. The van der Waals surface area contributed by atoms with Crippen LogP contribution in [-0.2, 0) is 13.1 Å². The Hall–Kier alpha value is -2.74. The summed E-state index contributed by atoms with van der Waals surface area (Å²) in [5.74, 6) is 0.499. The molecule has 0 bridgehead atoms. The topological polar surface area (TPSA) is 84.5 Å². The third kappa shape index (κ3) is 3.85. The van der Waals surface area contributed by atoms with E-state index >= 15 is 0 Å². The molecule has 132 valence electrons. The number of piperazine rings is 1. The van der Waals surface area contributed by atoms with Crippen LogP contribution in [0.4, 0.5) is 11.5 Å². The molecule has 1 aliphatic rings. The number of benzene rings is 1. The fourth-order valence-electron chi connectivity index (χ4n) is 3.05. The molecule has 0 unspecified atom stereocenters. The molecule has 1 saturated heterocycles. The van der Waals surface area contributed by atoms with Gasteiger partial charge in [-0.3, -0.25) is 19.8 Å². The van der Waals surface area contributed by atoms with Crippen LogP contribution in [-0.4, -0.2) is 45.6 Å². The number of hydrogen-bond donors (Lipinski definition) is 0. The minimum absolute atomic E-state index is 0.0582. The SMILES string of the molecule is CCn1ccnc(N2CCN(Cc3cccc([N+](=O)[O-])c3)CC2)c1=O. The minimum atomic E-state index is -0.374. The van der Waals surface area contributed by atoms with Crippen molar-refractivity contribution in [2.75, 3.05) is 31.1 Å². The maximum atomic E-state index is 12.4. The maximum absolute atomic E-state index is 12.4. The van der Waals surface area contributed by atoms with Gasteiger partial charge < -0.3 is 9.47 Å². The first-order valence-corrected chi connectivity index (χ1v) is 8.34. The van der Waals surface area contributed by atoms with E-state index in [1.165, 1.54) is 6.07 Å². The number of non-ortho nitro benzene ring substituents is 1. The highest BCUT2D eigenvalue weighted by Crippen LogP contribution is 2.16. The molecule has 1 aromatic carbocycles. The molecule has 0 saturated carbocycles. The molecule has 3 rings (SSSR count). The number of aromatic nitrogens is 2. The van der Waals surface area contributed by atoms with E-state index in [0.29, 0.717) is 32.0 Å². The molecule has 2 aromatic rings. The lowest BCUT2D eigenvalue weighted by Crippen LogP contribution is -2.48. The quantitative estimate of drug-likeness (QED) is 0.604. The number of hydrogen-bond acceptors (Lipinski definition) is 6. The van der Waals surface area contributed by atoms with Crippen molar-refractivity contribution in [3.63, 3.8) is 0 Å². The summed E-state index contributed by atoms with van der Waals surface area (Å²) in [5.41, 5.74) is 0.982. The van der Waals surface area contributed by atoms with Gasteiger partial charge in [0, 0.05) is 63.8 Å². The second kappa shape index (κ2) is 7.43. The number of anilines is 1. The monoisotopic (exact) mass is 343 g/mol. The smallest absolute Gasteiger partial charge is 0.293 e. The van der Waals surface area contributed by atoms with E-state index in [1.807, 2.05) is 17.9 Å². The van der Waals surface area contributed by atoms with Crippen LogP contribution in [0.5, 0.6) is 0 Å². The molecule has 0 spiro atoms. The van der Waals surface area contributed by atoms with Crippen molar-refractivity contribution in [2.24, 2.45) is 0 Å². The largest absolute Gasteiger partial charge is 0.349 e. The number of nitrogens with zero attached hydrogens (tertiary/aromatic N) is 5. The maximum Gasteiger partial charge on any atom is 0.293 e. The average Bonchev–Trinajstić information content (AvgIpc) is 2.63. The first kappa shape index (κ1) is 17.1. The van der Waals surface area contributed by atoms with Gasteiger partial charge in [0.25, 0.3) is 11.2 Å². The van der Waals surface area contributed by atoms with Crippen LogP contribution in [0.3, 0.4) is 0 Å². The zero-order valence-corrected chi connectivity index (χ0v) is 14.2. The van der Waals surface area contributed by atoms with Gasteiger partial charge in [0.2, 0.25) is 0 Å². The highest BCUT2D eigenvalue weighted by atomic mass is 16.6. The van der Waals surface area contributed by atoms with Crippen molar-refractivity contribution in [3.8, 4) is 0 Å². The van der Waals surface area contributed by atoms with Crippen LogP contribution in [0.15, 0.2) is 41.5 Å². The third-order valence-corrected chi connectivity index (χ3v) is 4.44. The van der Waals surface area contributed by atoms with E-state index < -0.39 is 0 Å². The van der Waals surface area contributed by atoms with E-state index in [1.54, 1.807) is 29.1 Å². The van der Waals surface area contributed by atoms with Crippen molar-refractivity contribution >= 4 is 11.5 Å². The fraction of sp³-hybridized carbons (Fsp3) is 0.412. The van der Waals surface area contributed by atoms with Crippen molar-refractivity contribution in [2.45, 2.75) is 20.0 Å². The number of aryl methyl sites for hydroxylation is 1. The van der Waals surface area contributed by atoms with E-state index in [9.17, 15) is 14.9 Å². The predicted molar refractivity (Wildman–Crippen MR) is 94.8 cm³/mol. The first-order valence-electron chi connectivity index (χ1n) is 8.34. The summed E-state index contributed by atoms with van der Waals surface area (Å²) in [6, 6.07) is 6.73. The Balaban J connectivity index is 1.64. The van der Waals surface area contributed by atoms with Gasteiger partial charge in [-0.05, 0) is 12.5 Å². The van der Waals surface area contributed by atoms with E-state index in [0.717, 1.165) is 18.7 Å². The Morgan fingerprint density at radius 2 is 2.00 bits per heavy atom. The van der Waals surface area contributed by atoms with Crippen molar-refractivity contribution in [3.05, 3.63) is 62.7 Å². The van der Waals surface area contributed by atoms with Crippen LogP contribution in [0, 0.1) is 10.1 Å². The molecule has 0 atom stereocenters. The van der Waals surface area contributed by atoms with Gasteiger partial charge in [-0.15, -0.1) is 0 Å². The Bertz CT molecular complexity index is 812. The molecule has 0 N–H and O–H groups in total.